The first kappa shape index (κ1) is 78.5. The van der Waals surface area contributed by atoms with E-state index in [1.54, 1.807) is 60.7 Å². The van der Waals surface area contributed by atoms with Crippen molar-refractivity contribution in [2.45, 2.75) is 183 Å². The Hall–Kier alpha value is -8.91. The highest BCUT2D eigenvalue weighted by atomic mass is 32.2. The lowest BCUT2D eigenvalue weighted by molar-refractivity contribution is -0.144. The Morgan fingerprint density at radius 3 is 1.51 bits per heavy atom. The van der Waals surface area contributed by atoms with Gasteiger partial charge in [-0.2, -0.15) is 11.8 Å². The predicted octanol–water partition coefficient (Wildman–Crippen LogP) is -3.71. The molecule has 524 valence electrons. The van der Waals surface area contributed by atoms with Crippen molar-refractivity contribution in [2.75, 3.05) is 44.7 Å². The van der Waals surface area contributed by atoms with E-state index in [1.165, 1.54) is 21.6 Å². The summed E-state index contributed by atoms with van der Waals surface area (Å²) in [6, 6.07) is 4.51. The molecule has 0 saturated carbocycles. The number of thioether (sulfide) groups is 1. The number of hydrogen-bond acceptors (Lipinski definition) is 17. The van der Waals surface area contributed by atoms with Crippen LogP contribution in [0, 0.1) is 5.92 Å². The van der Waals surface area contributed by atoms with Gasteiger partial charge in [-0.05, 0) is 119 Å². The Labute approximate surface area is 558 Å². The number of carbonyl (C=O) groups excluding carboxylic acids is 13. The number of nitrogens with two attached hydrogens (primary N) is 7. The number of nitrogens with zero attached hydrogens (tertiary/aromatic N) is 3. The maximum Gasteiger partial charge on any atom is 0.245 e. The number of likely N-dealkylation sites (tertiary alicyclic amines) is 2. The molecular formula is C63H98N18O13S. The molecule has 22 N–H and O–H groups in total. The van der Waals surface area contributed by atoms with E-state index < -0.39 is 169 Å². The molecule has 13 amide bonds. The van der Waals surface area contributed by atoms with Crippen LogP contribution >= 0.6 is 11.8 Å². The largest absolute Gasteiger partial charge is 0.370 e. The van der Waals surface area contributed by atoms with Gasteiger partial charge in [-0.25, -0.2) is 0 Å². The van der Waals surface area contributed by atoms with Crippen LogP contribution in [0.4, 0.5) is 0 Å². The Balaban J connectivity index is 1.56. The van der Waals surface area contributed by atoms with Crippen LogP contribution in [0.3, 0.4) is 0 Å². The van der Waals surface area contributed by atoms with Crippen molar-refractivity contribution in [3.05, 3.63) is 71.8 Å². The average molecular weight is 1350 g/mol. The van der Waals surface area contributed by atoms with Gasteiger partial charge < -0.3 is 92.5 Å². The zero-order valence-corrected chi connectivity index (χ0v) is 55.3. The number of unbranched alkanes of at least 4 members (excludes halogenated alkanes) is 1. The summed E-state index contributed by atoms with van der Waals surface area (Å²) < 4.78 is 0. The lowest BCUT2D eigenvalue weighted by atomic mass is 10.0. The van der Waals surface area contributed by atoms with E-state index >= 15 is 0 Å². The van der Waals surface area contributed by atoms with Crippen molar-refractivity contribution in [3.63, 3.8) is 0 Å². The first-order valence-corrected chi connectivity index (χ1v) is 33.6. The molecular weight excluding hydrogens is 1250 g/mol. The second-order valence-electron chi connectivity index (χ2n) is 24.1. The fourth-order valence-corrected chi connectivity index (χ4v) is 11.5. The lowest BCUT2D eigenvalue weighted by Crippen LogP contribution is -2.60. The molecule has 0 unspecified atom stereocenters. The van der Waals surface area contributed by atoms with Gasteiger partial charge in [-0.1, -0.05) is 74.5 Å². The minimum absolute atomic E-state index is 0.0736. The number of carbonyl (C=O) groups is 13. The van der Waals surface area contributed by atoms with Crippen molar-refractivity contribution in [1.29, 1.82) is 0 Å². The maximum absolute atomic E-state index is 14.7. The van der Waals surface area contributed by atoms with Gasteiger partial charge in [0.2, 0.25) is 76.8 Å². The van der Waals surface area contributed by atoms with Gasteiger partial charge in [-0.3, -0.25) is 67.3 Å². The van der Waals surface area contributed by atoms with Gasteiger partial charge in [0.25, 0.3) is 0 Å². The second kappa shape index (κ2) is 41.0. The van der Waals surface area contributed by atoms with Crippen LogP contribution < -0.4 is 82.7 Å². The molecule has 0 bridgehead atoms. The monoisotopic (exact) mass is 1350 g/mol. The summed E-state index contributed by atoms with van der Waals surface area (Å²) in [5, 5.41) is 21.1. The summed E-state index contributed by atoms with van der Waals surface area (Å²) >= 11 is 1.45. The third-order valence-electron chi connectivity index (χ3n) is 16.0. The number of amides is 13. The summed E-state index contributed by atoms with van der Waals surface area (Å²) in [5.41, 5.74) is 40.6. The number of nitrogens with one attached hydrogen (secondary N) is 8. The normalized spacial score (nSPS) is 16.8. The van der Waals surface area contributed by atoms with Gasteiger partial charge in [0.05, 0.1) is 12.6 Å². The van der Waals surface area contributed by atoms with Crippen LogP contribution in [-0.2, 0) is 75.2 Å². The van der Waals surface area contributed by atoms with Crippen LogP contribution in [0.25, 0.3) is 0 Å². The lowest BCUT2D eigenvalue weighted by Gasteiger charge is -2.32. The fraction of sp³-hybridized carbons (Fsp3) is 0.587. The van der Waals surface area contributed by atoms with Crippen molar-refractivity contribution in [2.24, 2.45) is 51.0 Å². The maximum atomic E-state index is 14.7. The van der Waals surface area contributed by atoms with Gasteiger partial charge in [0, 0.05) is 45.3 Å². The highest BCUT2D eigenvalue weighted by Crippen LogP contribution is 2.24. The molecule has 32 heteroatoms. The first-order valence-electron chi connectivity index (χ1n) is 32.2. The topological polar surface area (TPSA) is 519 Å². The summed E-state index contributed by atoms with van der Waals surface area (Å²) in [4.78, 5) is 185. The van der Waals surface area contributed by atoms with Crippen LogP contribution in [0.15, 0.2) is 65.7 Å². The Bertz CT molecular complexity index is 2960. The molecule has 95 heavy (non-hydrogen) atoms. The van der Waals surface area contributed by atoms with E-state index in [9.17, 15) is 62.3 Å². The molecule has 0 aromatic heterocycles. The molecule has 2 aliphatic rings. The van der Waals surface area contributed by atoms with Crippen LogP contribution in [0.2, 0.25) is 0 Å². The Morgan fingerprint density at radius 2 is 1.01 bits per heavy atom. The molecule has 2 aromatic rings. The number of hydrogen-bond donors (Lipinski definition) is 15. The van der Waals surface area contributed by atoms with Crippen molar-refractivity contribution >= 4 is 94.5 Å². The molecule has 2 aliphatic heterocycles. The number of guanidine groups is 1. The quantitative estimate of drug-likeness (QED) is 0.0173. The van der Waals surface area contributed by atoms with E-state index in [-0.39, 0.29) is 83.0 Å². The highest BCUT2D eigenvalue weighted by molar-refractivity contribution is 7.98. The molecule has 2 saturated heterocycles. The SMILES string of the molecule is CSCC[C@H](NC(=O)[C@@H](CC(C)C)NC(=O)CNC(=O)[C@H](Cc1ccccc1)NC(=O)[C@@H](Cc1ccccc1)NC(=O)[C@@H](CCC(N)=O)NC(=O)[C@H](CCC(N)=O)NC(=O)[C@H]1CCCN1C(=O)[C@@H](CCCCN)NC(=O)[C@H]1CCCN1C(=O)[C@H](N)CCCN=C(N)N)C(N)=O. The number of primary amides is 3. The molecule has 0 spiro atoms. The molecule has 4 rings (SSSR count). The number of rotatable bonds is 42. The van der Waals surface area contributed by atoms with E-state index in [1.807, 2.05) is 20.1 Å². The van der Waals surface area contributed by atoms with Gasteiger partial charge in [0.15, 0.2) is 5.96 Å². The zero-order chi connectivity index (χ0) is 70.1. The van der Waals surface area contributed by atoms with Crippen LogP contribution in [0.5, 0.6) is 0 Å². The molecule has 0 radical (unpaired) electrons. The van der Waals surface area contributed by atoms with Crippen molar-refractivity contribution in [3.8, 4) is 0 Å². The van der Waals surface area contributed by atoms with Gasteiger partial charge in [-0.15, -0.1) is 0 Å². The standard InChI is InChI=1S/C63H98N18O13S/c1-37(2)33-45(57(89)74-41(53(68)85)27-32-95-3)73-52(84)36-72-54(86)46(34-38-15-6-4-7-16-38)78-58(90)47(35-39-17-8-5-9-18-39)79-56(88)42(23-25-50(66)82)75-55(87)43(24-26-51(67)83)76-59(91)49-22-14-31-81(49)62(94)44(20-10-11-28-64)77-60(92)48-21-13-30-80(48)61(93)40(65)19-12-29-71-63(69)70/h4-9,15-18,37,40-49H,10-14,19-36,64-65H2,1-3H3,(H2,66,82)(H2,67,83)(H2,68,85)(H,72,86)(H,73,84)(H,74,89)(H,75,87)(H,76,91)(H,77,92)(H,78,90)(H,79,88)(H4,69,70,71)/t40-,41+,42-,43+,44-,45-,46+,47-,48-,49-/m1/s1. The molecule has 2 fully saturated rings. The molecule has 2 heterocycles. The smallest absolute Gasteiger partial charge is 0.245 e. The van der Waals surface area contributed by atoms with E-state index in [4.69, 9.17) is 40.1 Å². The minimum atomic E-state index is -1.64. The van der Waals surface area contributed by atoms with Gasteiger partial charge in [0.1, 0.15) is 54.4 Å². The summed E-state index contributed by atoms with van der Waals surface area (Å²) in [7, 11) is 0. The Kier molecular flexibility index (Phi) is 33.9. The van der Waals surface area contributed by atoms with Crippen molar-refractivity contribution < 1.29 is 62.3 Å². The molecule has 2 aromatic carbocycles. The molecule has 0 aliphatic carbocycles. The first-order chi connectivity index (χ1) is 45.2. The van der Waals surface area contributed by atoms with Crippen molar-refractivity contribution in [1.82, 2.24) is 52.3 Å². The van der Waals surface area contributed by atoms with E-state index in [0.29, 0.717) is 55.4 Å². The zero-order valence-electron chi connectivity index (χ0n) is 54.5. The third kappa shape index (κ3) is 27.5. The number of benzene rings is 2. The third-order valence-corrected chi connectivity index (χ3v) is 16.7. The molecule has 31 nitrogen and oxygen atoms in total. The second-order valence-corrected chi connectivity index (χ2v) is 25.1. The average Bonchev–Trinajstić information content (AvgIpc) is 1.74. The van der Waals surface area contributed by atoms with Crippen LogP contribution in [-0.4, -0.2) is 198 Å². The van der Waals surface area contributed by atoms with Crippen LogP contribution in [0.1, 0.15) is 121 Å². The van der Waals surface area contributed by atoms with Gasteiger partial charge >= 0.3 is 0 Å². The van der Waals surface area contributed by atoms with E-state index in [0.717, 1.165) is 0 Å². The minimum Gasteiger partial charge on any atom is -0.370 e. The summed E-state index contributed by atoms with van der Waals surface area (Å²) in [5.74, 6) is -9.80. The predicted molar refractivity (Wildman–Crippen MR) is 356 cm³/mol. The van der Waals surface area contributed by atoms with E-state index in [2.05, 4.69) is 47.5 Å². The summed E-state index contributed by atoms with van der Waals surface area (Å²) in [6.45, 7) is 3.86. The molecule has 10 atom stereocenters. The summed E-state index contributed by atoms with van der Waals surface area (Å²) in [6.07, 6.45) is 3.12. The number of aliphatic imine (C=N–C) groups is 1. The highest BCUT2D eigenvalue weighted by Gasteiger charge is 2.42. The fourth-order valence-electron chi connectivity index (χ4n) is 11.0. The Morgan fingerprint density at radius 1 is 0.537 bits per heavy atom.